The van der Waals surface area contributed by atoms with E-state index in [9.17, 15) is 14.4 Å². The number of benzene rings is 1. The Morgan fingerprint density at radius 3 is 1.76 bits per heavy atom. The van der Waals surface area contributed by atoms with Crippen molar-refractivity contribution in [3.63, 3.8) is 0 Å². The number of hydrogen-bond donors (Lipinski definition) is 1. The predicted octanol–water partition coefficient (Wildman–Crippen LogP) is 1.33. The number of nitrogens with zero attached hydrogens (tertiary/aromatic N) is 2. The van der Waals surface area contributed by atoms with Gasteiger partial charge in [-0.1, -0.05) is 0 Å². The number of carboxylic acid groups (broad SMARTS) is 1. The largest absolute Gasteiger partial charge is 0.480 e. The summed E-state index contributed by atoms with van der Waals surface area (Å²) in [5.41, 5.74) is 0.867. The number of amides is 2. The van der Waals surface area contributed by atoms with E-state index in [2.05, 4.69) is 0 Å². The zero-order valence-corrected chi connectivity index (χ0v) is 12.5. The van der Waals surface area contributed by atoms with Crippen LogP contribution in [0.5, 0.6) is 0 Å². The first kappa shape index (κ1) is 16.7. The van der Waals surface area contributed by atoms with Crippen molar-refractivity contribution < 1.29 is 19.5 Å². The minimum atomic E-state index is -1.07. The minimum absolute atomic E-state index is 0.0853. The number of likely N-dealkylation sites (N-methyl/N-ethyl adjacent to an activating group) is 1. The molecule has 114 valence electrons. The molecule has 0 unspecified atom stereocenters. The molecule has 0 aliphatic rings. The summed E-state index contributed by atoms with van der Waals surface area (Å²) < 4.78 is 0. The van der Waals surface area contributed by atoms with E-state index in [4.69, 9.17) is 5.11 Å². The van der Waals surface area contributed by atoms with Gasteiger partial charge in [0.2, 0.25) is 0 Å². The highest BCUT2D eigenvalue weighted by atomic mass is 16.4. The summed E-state index contributed by atoms with van der Waals surface area (Å²) >= 11 is 0. The van der Waals surface area contributed by atoms with Gasteiger partial charge in [0.15, 0.2) is 0 Å². The highest BCUT2D eigenvalue weighted by molar-refractivity contribution is 5.98. The Balaban J connectivity index is 2.85. The second kappa shape index (κ2) is 7.42. The van der Waals surface area contributed by atoms with Crippen LogP contribution in [0.3, 0.4) is 0 Å². The summed E-state index contributed by atoms with van der Waals surface area (Å²) in [6.07, 6.45) is 0. The van der Waals surface area contributed by atoms with Gasteiger partial charge in [-0.2, -0.15) is 0 Å². The van der Waals surface area contributed by atoms with Crippen LogP contribution in [0, 0.1) is 0 Å². The highest BCUT2D eigenvalue weighted by Gasteiger charge is 2.16. The van der Waals surface area contributed by atoms with Gasteiger partial charge in [0.05, 0.1) is 0 Å². The van der Waals surface area contributed by atoms with Crippen LogP contribution in [-0.4, -0.2) is 59.4 Å². The lowest BCUT2D eigenvalue weighted by atomic mass is 10.1. The number of aliphatic carboxylic acids is 1. The van der Waals surface area contributed by atoms with Gasteiger partial charge in [-0.15, -0.1) is 0 Å². The highest BCUT2D eigenvalue weighted by Crippen LogP contribution is 2.09. The molecule has 1 N–H and O–H groups in total. The first-order chi connectivity index (χ1) is 9.90. The summed E-state index contributed by atoms with van der Waals surface area (Å²) in [4.78, 5) is 37.5. The zero-order chi connectivity index (χ0) is 16.0. The van der Waals surface area contributed by atoms with E-state index >= 15 is 0 Å². The van der Waals surface area contributed by atoms with Crippen LogP contribution in [0.15, 0.2) is 24.3 Å². The molecule has 21 heavy (non-hydrogen) atoms. The Morgan fingerprint density at radius 2 is 1.38 bits per heavy atom. The molecule has 0 aliphatic carbocycles. The lowest BCUT2D eigenvalue weighted by Gasteiger charge is -2.19. The maximum Gasteiger partial charge on any atom is 0.323 e. The third-order valence-corrected chi connectivity index (χ3v) is 3.15. The van der Waals surface area contributed by atoms with Crippen LogP contribution >= 0.6 is 0 Å². The van der Waals surface area contributed by atoms with E-state index in [1.54, 1.807) is 17.0 Å². The van der Waals surface area contributed by atoms with E-state index in [-0.39, 0.29) is 18.4 Å². The van der Waals surface area contributed by atoms with Crippen molar-refractivity contribution >= 4 is 17.8 Å². The molecule has 1 aromatic carbocycles. The fourth-order valence-electron chi connectivity index (χ4n) is 1.94. The van der Waals surface area contributed by atoms with Crippen molar-refractivity contribution in [2.24, 2.45) is 0 Å². The second-order valence-corrected chi connectivity index (χ2v) is 4.61. The number of carboxylic acids is 1. The SMILES string of the molecule is CCN(CC)C(=O)c1ccc(C(=O)N(C)CC(=O)O)cc1. The van der Waals surface area contributed by atoms with Crippen molar-refractivity contribution in [1.82, 2.24) is 9.80 Å². The maximum absolute atomic E-state index is 12.1. The van der Waals surface area contributed by atoms with Gasteiger partial charge in [-0.25, -0.2) is 0 Å². The van der Waals surface area contributed by atoms with Crippen molar-refractivity contribution in [2.75, 3.05) is 26.7 Å². The zero-order valence-electron chi connectivity index (χ0n) is 12.5. The molecule has 2 amide bonds. The molecule has 0 saturated heterocycles. The summed E-state index contributed by atoms with van der Waals surface area (Å²) in [6.45, 7) is 4.69. The first-order valence-electron chi connectivity index (χ1n) is 6.77. The van der Waals surface area contributed by atoms with Gasteiger partial charge in [0.25, 0.3) is 11.8 Å². The predicted molar refractivity (Wildman–Crippen MR) is 78.3 cm³/mol. The Hall–Kier alpha value is -2.37. The van der Waals surface area contributed by atoms with E-state index in [0.29, 0.717) is 24.2 Å². The van der Waals surface area contributed by atoms with Crippen LogP contribution in [0.4, 0.5) is 0 Å². The molecule has 1 aromatic rings. The quantitative estimate of drug-likeness (QED) is 0.858. The fourth-order valence-corrected chi connectivity index (χ4v) is 1.94. The molecule has 6 heteroatoms. The summed E-state index contributed by atoms with van der Waals surface area (Å²) in [6, 6.07) is 6.25. The summed E-state index contributed by atoms with van der Waals surface area (Å²) in [7, 11) is 1.42. The van der Waals surface area contributed by atoms with Crippen molar-refractivity contribution in [1.29, 1.82) is 0 Å². The monoisotopic (exact) mass is 292 g/mol. The first-order valence-corrected chi connectivity index (χ1v) is 6.77. The number of carbonyl (C=O) groups is 3. The Kier molecular flexibility index (Phi) is 5.90. The smallest absolute Gasteiger partial charge is 0.323 e. The van der Waals surface area contributed by atoms with Crippen LogP contribution in [0.2, 0.25) is 0 Å². The van der Waals surface area contributed by atoms with Crippen LogP contribution in [-0.2, 0) is 4.79 Å². The van der Waals surface area contributed by atoms with Crippen LogP contribution in [0.1, 0.15) is 34.6 Å². The molecule has 0 fully saturated rings. The molecule has 0 aliphatic heterocycles. The molecular formula is C15H20N2O4. The van der Waals surface area contributed by atoms with Crippen LogP contribution < -0.4 is 0 Å². The number of hydrogen-bond acceptors (Lipinski definition) is 3. The summed E-state index contributed by atoms with van der Waals surface area (Å²) in [5.74, 6) is -1.55. The van der Waals surface area contributed by atoms with Crippen molar-refractivity contribution in [2.45, 2.75) is 13.8 Å². The minimum Gasteiger partial charge on any atom is -0.480 e. The number of rotatable bonds is 6. The lowest BCUT2D eigenvalue weighted by molar-refractivity contribution is -0.137. The number of carbonyl (C=O) groups excluding carboxylic acids is 2. The van der Waals surface area contributed by atoms with Gasteiger partial charge in [0.1, 0.15) is 6.54 Å². The Bertz CT molecular complexity index is 521. The third kappa shape index (κ3) is 4.30. The van der Waals surface area contributed by atoms with Crippen LogP contribution in [0.25, 0.3) is 0 Å². The maximum atomic E-state index is 12.1. The molecule has 0 atom stereocenters. The molecule has 0 bridgehead atoms. The Morgan fingerprint density at radius 1 is 0.952 bits per heavy atom. The van der Waals surface area contributed by atoms with Crippen molar-refractivity contribution in [3.8, 4) is 0 Å². The van der Waals surface area contributed by atoms with Gasteiger partial charge in [-0.3, -0.25) is 14.4 Å². The molecule has 6 nitrogen and oxygen atoms in total. The summed E-state index contributed by atoms with van der Waals surface area (Å²) in [5, 5.41) is 8.67. The standard InChI is InChI=1S/C15H20N2O4/c1-4-17(5-2)15(21)12-8-6-11(7-9-12)14(20)16(3)10-13(18)19/h6-9H,4-5,10H2,1-3H3,(H,18,19). The molecule has 0 saturated carbocycles. The lowest BCUT2D eigenvalue weighted by Crippen LogP contribution is -2.32. The third-order valence-electron chi connectivity index (χ3n) is 3.15. The molecule has 0 spiro atoms. The van der Waals surface area contributed by atoms with E-state index in [0.717, 1.165) is 4.90 Å². The van der Waals surface area contributed by atoms with Gasteiger partial charge < -0.3 is 14.9 Å². The molecule has 0 radical (unpaired) electrons. The Labute approximate surface area is 124 Å². The average Bonchev–Trinajstić information content (AvgIpc) is 2.47. The van der Waals surface area contributed by atoms with Crippen molar-refractivity contribution in [3.05, 3.63) is 35.4 Å². The molecule has 1 rings (SSSR count). The topological polar surface area (TPSA) is 77.9 Å². The molecule has 0 aromatic heterocycles. The fraction of sp³-hybridized carbons (Fsp3) is 0.400. The van der Waals surface area contributed by atoms with E-state index in [1.165, 1.54) is 19.2 Å². The molecule has 0 heterocycles. The van der Waals surface area contributed by atoms with E-state index in [1.807, 2.05) is 13.8 Å². The van der Waals surface area contributed by atoms with Gasteiger partial charge in [-0.05, 0) is 38.1 Å². The normalized spacial score (nSPS) is 10.0. The second-order valence-electron chi connectivity index (χ2n) is 4.61. The van der Waals surface area contributed by atoms with E-state index < -0.39 is 5.97 Å². The molecular weight excluding hydrogens is 272 g/mol. The average molecular weight is 292 g/mol. The van der Waals surface area contributed by atoms with Gasteiger partial charge in [0, 0.05) is 31.3 Å². The van der Waals surface area contributed by atoms with Gasteiger partial charge >= 0.3 is 5.97 Å².